The molecule has 0 radical (unpaired) electrons. The van der Waals surface area contributed by atoms with Gasteiger partial charge in [-0.2, -0.15) is 5.10 Å². The lowest BCUT2D eigenvalue weighted by Crippen LogP contribution is -2.47. The molecule has 0 aromatic carbocycles. The van der Waals surface area contributed by atoms with Crippen LogP contribution in [0, 0.1) is 13.8 Å². The molecule has 2 atom stereocenters. The van der Waals surface area contributed by atoms with Gasteiger partial charge in [0.05, 0.1) is 18.4 Å². The van der Waals surface area contributed by atoms with Gasteiger partial charge >= 0.3 is 0 Å². The first kappa shape index (κ1) is 19.4. The highest BCUT2D eigenvalue weighted by atomic mass is 16.5. The van der Waals surface area contributed by atoms with Gasteiger partial charge in [0, 0.05) is 42.7 Å². The van der Waals surface area contributed by atoms with E-state index in [-0.39, 0.29) is 24.2 Å². The summed E-state index contributed by atoms with van der Waals surface area (Å²) in [7, 11) is 0. The van der Waals surface area contributed by atoms with E-state index in [4.69, 9.17) is 4.74 Å². The highest BCUT2D eigenvalue weighted by molar-refractivity contribution is 5.92. The molecule has 1 aliphatic heterocycles. The zero-order valence-corrected chi connectivity index (χ0v) is 17.1. The van der Waals surface area contributed by atoms with Crippen LogP contribution < -0.4 is 0 Å². The van der Waals surface area contributed by atoms with Crippen LogP contribution in [0.3, 0.4) is 0 Å². The van der Waals surface area contributed by atoms with Crippen LogP contribution >= 0.6 is 0 Å². The number of aromatic nitrogens is 3. The molecule has 0 saturated carbocycles. The number of morpholine rings is 1. The van der Waals surface area contributed by atoms with Gasteiger partial charge in [-0.1, -0.05) is 0 Å². The van der Waals surface area contributed by atoms with Crippen molar-refractivity contribution in [2.45, 2.75) is 59.8 Å². The fourth-order valence-corrected chi connectivity index (χ4v) is 3.82. The van der Waals surface area contributed by atoms with Crippen molar-refractivity contribution in [3.63, 3.8) is 0 Å². The molecule has 0 bridgehead atoms. The number of carbonyl (C=O) groups excluding carboxylic acids is 1. The maximum Gasteiger partial charge on any atom is 0.246 e. The minimum atomic E-state index is 0.0361. The van der Waals surface area contributed by atoms with Crippen LogP contribution in [-0.2, 0) is 9.53 Å². The maximum absolute atomic E-state index is 12.6. The third-order valence-electron chi connectivity index (χ3n) is 4.97. The van der Waals surface area contributed by atoms with E-state index in [1.807, 2.05) is 41.8 Å². The summed E-state index contributed by atoms with van der Waals surface area (Å²) in [6.45, 7) is 13.7. The highest BCUT2D eigenvalue weighted by Crippen LogP contribution is 2.23. The number of carbonyl (C=O) groups is 1. The predicted octanol–water partition coefficient (Wildman–Crippen LogP) is 3.52. The molecule has 3 heterocycles. The number of nitrogens with zero attached hydrogens (tertiary/aromatic N) is 4. The van der Waals surface area contributed by atoms with Crippen molar-refractivity contribution < 1.29 is 9.53 Å². The van der Waals surface area contributed by atoms with Gasteiger partial charge < -0.3 is 14.2 Å². The summed E-state index contributed by atoms with van der Waals surface area (Å²) in [5.74, 6) is 1.08. The van der Waals surface area contributed by atoms with E-state index in [0.717, 1.165) is 22.8 Å². The SMILES string of the molecule is Cc1cc(/C=C/C(=O)N2C[C@@H](C)O[C@H](C)C2)c(C)n1-c1ccnn1C(C)C. The second kappa shape index (κ2) is 7.72. The van der Waals surface area contributed by atoms with Crippen molar-refractivity contribution in [3.8, 4) is 5.82 Å². The summed E-state index contributed by atoms with van der Waals surface area (Å²) in [6, 6.07) is 4.42. The molecule has 27 heavy (non-hydrogen) atoms. The van der Waals surface area contributed by atoms with Gasteiger partial charge in [-0.15, -0.1) is 0 Å². The standard InChI is InChI=1S/C21H30N4O2/c1-14(2)25-20(9-10-22-25)24-15(3)11-19(18(24)6)7-8-21(26)23-12-16(4)27-17(5)13-23/h7-11,14,16-17H,12-13H2,1-6H3/b8-7+/t16-,17-/m1/s1. The van der Waals surface area contributed by atoms with E-state index >= 15 is 0 Å². The molecular formula is C21H30N4O2. The first-order chi connectivity index (χ1) is 12.8. The molecule has 6 heteroatoms. The minimum Gasteiger partial charge on any atom is -0.372 e. The number of aryl methyl sites for hydroxylation is 1. The molecule has 1 saturated heterocycles. The van der Waals surface area contributed by atoms with Crippen molar-refractivity contribution in [2.24, 2.45) is 0 Å². The summed E-state index contributed by atoms with van der Waals surface area (Å²) in [5, 5.41) is 4.44. The van der Waals surface area contributed by atoms with Gasteiger partial charge in [-0.3, -0.25) is 4.79 Å². The Bertz CT molecular complexity index is 836. The van der Waals surface area contributed by atoms with Gasteiger partial charge in [-0.25, -0.2) is 4.68 Å². The van der Waals surface area contributed by atoms with Crippen molar-refractivity contribution in [1.29, 1.82) is 0 Å². The fraction of sp³-hybridized carbons (Fsp3) is 0.524. The lowest BCUT2D eigenvalue weighted by Gasteiger charge is -2.34. The molecule has 146 valence electrons. The van der Waals surface area contributed by atoms with E-state index in [1.165, 1.54) is 0 Å². The van der Waals surface area contributed by atoms with Crippen molar-refractivity contribution in [2.75, 3.05) is 13.1 Å². The molecule has 0 spiro atoms. The molecule has 1 fully saturated rings. The summed E-state index contributed by atoms with van der Waals surface area (Å²) < 4.78 is 9.91. The van der Waals surface area contributed by atoms with E-state index in [2.05, 4.69) is 43.4 Å². The van der Waals surface area contributed by atoms with E-state index in [0.29, 0.717) is 13.1 Å². The van der Waals surface area contributed by atoms with Crippen molar-refractivity contribution >= 4 is 12.0 Å². The Hall–Kier alpha value is -2.34. The summed E-state index contributed by atoms with van der Waals surface area (Å²) in [6.07, 6.45) is 5.58. The Kier molecular flexibility index (Phi) is 5.56. The molecular weight excluding hydrogens is 340 g/mol. The second-order valence-corrected chi connectivity index (χ2v) is 7.72. The average Bonchev–Trinajstić information content (AvgIpc) is 3.16. The third-order valence-corrected chi connectivity index (χ3v) is 4.97. The van der Waals surface area contributed by atoms with Gasteiger partial charge in [-0.05, 0) is 59.2 Å². The van der Waals surface area contributed by atoms with E-state index < -0.39 is 0 Å². The van der Waals surface area contributed by atoms with Gasteiger partial charge in [0.2, 0.25) is 5.91 Å². The Labute approximate surface area is 161 Å². The average molecular weight is 370 g/mol. The topological polar surface area (TPSA) is 52.3 Å². The number of hydrogen-bond donors (Lipinski definition) is 0. The molecule has 1 aliphatic rings. The summed E-state index contributed by atoms with van der Waals surface area (Å²) >= 11 is 0. The molecule has 2 aromatic heterocycles. The quantitative estimate of drug-likeness (QED) is 0.774. The van der Waals surface area contributed by atoms with Crippen LogP contribution in [0.5, 0.6) is 0 Å². The first-order valence-electron chi connectivity index (χ1n) is 9.63. The number of rotatable bonds is 4. The van der Waals surface area contributed by atoms with Crippen LogP contribution in [-0.4, -0.2) is 50.5 Å². The monoisotopic (exact) mass is 370 g/mol. The van der Waals surface area contributed by atoms with Crippen LogP contribution in [0.1, 0.15) is 50.7 Å². The highest BCUT2D eigenvalue weighted by Gasteiger charge is 2.24. The van der Waals surface area contributed by atoms with Crippen LogP contribution in [0.15, 0.2) is 24.4 Å². The van der Waals surface area contributed by atoms with Gasteiger partial charge in [0.1, 0.15) is 5.82 Å². The maximum atomic E-state index is 12.6. The molecule has 0 N–H and O–H groups in total. The second-order valence-electron chi connectivity index (χ2n) is 7.72. The molecule has 0 unspecified atom stereocenters. The lowest BCUT2D eigenvalue weighted by molar-refractivity contribution is -0.137. The Morgan fingerprint density at radius 2 is 1.93 bits per heavy atom. The predicted molar refractivity (Wildman–Crippen MR) is 107 cm³/mol. The van der Waals surface area contributed by atoms with Crippen molar-refractivity contribution in [3.05, 3.63) is 41.4 Å². The van der Waals surface area contributed by atoms with Gasteiger partial charge in [0.15, 0.2) is 0 Å². The van der Waals surface area contributed by atoms with Crippen LogP contribution in [0.4, 0.5) is 0 Å². The Balaban J connectivity index is 1.83. The lowest BCUT2D eigenvalue weighted by atomic mass is 10.2. The van der Waals surface area contributed by atoms with E-state index in [1.54, 1.807) is 6.08 Å². The molecule has 0 aliphatic carbocycles. The largest absolute Gasteiger partial charge is 0.372 e. The normalized spacial score (nSPS) is 20.8. The Morgan fingerprint density at radius 3 is 2.56 bits per heavy atom. The fourth-order valence-electron chi connectivity index (χ4n) is 3.82. The number of amides is 1. The summed E-state index contributed by atoms with van der Waals surface area (Å²) in [5.41, 5.74) is 3.27. The molecule has 6 nitrogen and oxygen atoms in total. The third kappa shape index (κ3) is 4.00. The zero-order chi connectivity index (χ0) is 19.7. The molecule has 3 rings (SSSR count). The number of ether oxygens (including phenoxy) is 1. The smallest absolute Gasteiger partial charge is 0.246 e. The minimum absolute atomic E-state index is 0.0361. The van der Waals surface area contributed by atoms with E-state index in [9.17, 15) is 4.79 Å². The van der Waals surface area contributed by atoms with Crippen LogP contribution in [0.25, 0.3) is 11.9 Å². The zero-order valence-electron chi connectivity index (χ0n) is 17.1. The summed E-state index contributed by atoms with van der Waals surface area (Å²) in [4.78, 5) is 14.5. The van der Waals surface area contributed by atoms with Crippen molar-refractivity contribution in [1.82, 2.24) is 19.2 Å². The Morgan fingerprint density at radius 1 is 1.26 bits per heavy atom. The van der Waals surface area contributed by atoms with Crippen LogP contribution in [0.2, 0.25) is 0 Å². The van der Waals surface area contributed by atoms with Gasteiger partial charge in [0.25, 0.3) is 0 Å². The molecule has 2 aromatic rings. The molecule has 1 amide bonds. The number of hydrogen-bond acceptors (Lipinski definition) is 3. The first-order valence-corrected chi connectivity index (χ1v) is 9.63.